The summed E-state index contributed by atoms with van der Waals surface area (Å²) in [5, 5.41) is 14.0. The summed E-state index contributed by atoms with van der Waals surface area (Å²) in [5.41, 5.74) is -0.173. The van der Waals surface area contributed by atoms with E-state index >= 15 is 0 Å². The van der Waals surface area contributed by atoms with Gasteiger partial charge in [-0.25, -0.2) is 27.6 Å². The molecule has 0 aliphatic rings. The third kappa shape index (κ3) is 6.77. The zero-order chi connectivity index (χ0) is 30.1. The lowest BCUT2D eigenvalue weighted by Gasteiger charge is -2.18. The standard InChI is InChI=1S/C25H23BrFN5O6S3/c1-25(2,3)38-24(33)31-11-28-20-10-19(23(39-4)40-20)41(36,37)18-9-16(26)22-21(29-12-30-22)15(18)8-13-7-14(32(34)35)5-6-17(13)27/h5-7,9-12H,8H2,1-4H3,(H,29,30)(H,28,31,33). The molecule has 41 heavy (non-hydrogen) atoms. The van der Waals surface area contributed by atoms with Crippen LogP contribution in [0.5, 0.6) is 0 Å². The largest absolute Gasteiger partial charge is 0.444 e. The molecule has 0 aliphatic heterocycles. The van der Waals surface area contributed by atoms with Crippen LogP contribution in [0, 0.1) is 15.9 Å². The van der Waals surface area contributed by atoms with Gasteiger partial charge in [0.2, 0.25) is 9.84 Å². The molecule has 0 radical (unpaired) electrons. The Bertz CT molecular complexity index is 1800. The number of nitro benzene ring substituents is 1. The van der Waals surface area contributed by atoms with Crippen molar-refractivity contribution in [3.8, 4) is 0 Å². The predicted octanol–water partition coefficient (Wildman–Crippen LogP) is 6.76. The molecule has 1 amide bonds. The van der Waals surface area contributed by atoms with Crippen molar-refractivity contribution in [1.29, 1.82) is 0 Å². The average molecular weight is 685 g/mol. The molecular weight excluding hydrogens is 661 g/mol. The van der Waals surface area contributed by atoms with Crippen LogP contribution < -0.4 is 5.32 Å². The van der Waals surface area contributed by atoms with E-state index in [1.54, 1.807) is 27.0 Å². The summed E-state index contributed by atoms with van der Waals surface area (Å²) >= 11 is 5.68. The lowest BCUT2D eigenvalue weighted by molar-refractivity contribution is -0.385. The number of aromatic amines is 1. The molecule has 0 saturated carbocycles. The Morgan fingerprint density at radius 1 is 1.32 bits per heavy atom. The Labute approximate surface area is 250 Å². The quantitative estimate of drug-likeness (QED) is 0.0678. The SMILES string of the molecule is CSc1sc(/N=C/NC(=O)OC(C)(C)C)cc1S(=O)(=O)c1cc(Br)c2[nH]cnc2c1Cc1cc([N+](=O)[O-])ccc1F. The highest BCUT2D eigenvalue weighted by Gasteiger charge is 2.30. The number of fused-ring (bicyclic) bond motifs is 1. The average Bonchev–Trinajstić information content (AvgIpc) is 3.54. The van der Waals surface area contributed by atoms with Crippen molar-refractivity contribution in [2.75, 3.05) is 6.26 Å². The van der Waals surface area contributed by atoms with Gasteiger partial charge in [-0.3, -0.25) is 15.4 Å². The van der Waals surface area contributed by atoms with Crippen molar-refractivity contribution >= 4 is 83.0 Å². The van der Waals surface area contributed by atoms with E-state index in [0.29, 0.717) is 19.2 Å². The Balaban J connectivity index is 1.79. The molecule has 0 spiro atoms. The predicted molar refractivity (Wildman–Crippen MR) is 159 cm³/mol. The summed E-state index contributed by atoms with van der Waals surface area (Å²) in [6.45, 7) is 5.14. The number of carbonyl (C=O) groups is 1. The molecule has 0 bridgehead atoms. The van der Waals surface area contributed by atoms with Crippen LogP contribution in [0.4, 0.5) is 19.9 Å². The maximum atomic E-state index is 14.8. The first-order valence-electron chi connectivity index (χ1n) is 11.7. The van der Waals surface area contributed by atoms with Crippen molar-refractivity contribution < 1.29 is 27.3 Å². The van der Waals surface area contributed by atoms with Gasteiger partial charge in [-0.1, -0.05) is 0 Å². The lowest BCUT2D eigenvalue weighted by Crippen LogP contribution is -2.31. The van der Waals surface area contributed by atoms with Crippen LogP contribution in [0.25, 0.3) is 11.0 Å². The molecule has 0 unspecified atom stereocenters. The molecular formula is C25H23BrFN5O6S3. The van der Waals surface area contributed by atoms with Gasteiger partial charge in [0.25, 0.3) is 5.69 Å². The number of hydrogen-bond donors (Lipinski definition) is 2. The lowest BCUT2D eigenvalue weighted by atomic mass is 10.0. The van der Waals surface area contributed by atoms with Crippen LogP contribution in [0.1, 0.15) is 31.9 Å². The summed E-state index contributed by atoms with van der Waals surface area (Å²) < 4.78 is 49.1. The molecule has 2 aromatic carbocycles. The molecule has 11 nitrogen and oxygen atoms in total. The normalized spacial score (nSPS) is 12.2. The fourth-order valence-electron chi connectivity index (χ4n) is 3.82. The molecule has 2 heterocycles. The van der Waals surface area contributed by atoms with Crippen molar-refractivity contribution in [2.45, 2.75) is 46.8 Å². The number of aromatic nitrogens is 2. The highest BCUT2D eigenvalue weighted by molar-refractivity contribution is 9.10. The molecule has 0 fully saturated rings. The number of hydrogen-bond acceptors (Lipinski definition) is 10. The van der Waals surface area contributed by atoms with Crippen LogP contribution in [0.2, 0.25) is 0 Å². The number of sulfone groups is 1. The van der Waals surface area contributed by atoms with Crippen molar-refractivity contribution in [3.05, 3.63) is 68.2 Å². The molecule has 2 N–H and O–H groups in total. The van der Waals surface area contributed by atoms with E-state index < -0.39 is 32.3 Å². The first-order chi connectivity index (χ1) is 19.2. The number of thioether (sulfide) groups is 1. The number of rotatable bonds is 8. The molecule has 4 aromatic rings. The van der Waals surface area contributed by atoms with Gasteiger partial charge in [-0.2, -0.15) is 0 Å². The number of aliphatic imine (C=N–C) groups is 1. The number of amides is 1. The molecule has 4 rings (SSSR count). The first kappa shape index (κ1) is 30.6. The maximum Gasteiger partial charge on any atom is 0.412 e. The first-order valence-corrected chi connectivity index (χ1v) is 16.0. The van der Waals surface area contributed by atoms with Gasteiger partial charge >= 0.3 is 6.09 Å². The number of ether oxygens (including phenoxy) is 1. The van der Waals surface area contributed by atoms with E-state index in [9.17, 15) is 27.7 Å². The number of alkyl carbamates (subject to hydrolysis) is 1. The summed E-state index contributed by atoms with van der Waals surface area (Å²) in [5.74, 6) is -0.722. The highest BCUT2D eigenvalue weighted by Crippen LogP contribution is 2.43. The second-order valence-electron chi connectivity index (χ2n) is 9.52. The number of nitrogens with one attached hydrogen (secondary N) is 2. The Kier molecular flexibility index (Phi) is 8.87. The van der Waals surface area contributed by atoms with E-state index in [1.807, 2.05) is 0 Å². The number of non-ortho nitro benzene ring substituents is 1. The van der Waals surface area contributed by atoms with Gasteiger partial charge < -0.3 is 9.72 Å². The van der Waals surface area contributed by atoms with Gasteiger partial charge in [0.15, 0.2) is 0 Å². The second-order valence-corrected chi connectivity index (χ2v) is 14.4. The summed E-state index contributed by atoms with van der Waals surface area (Å²) in [6, 6.07) is 5.87. The smallest absolute Gasteiger partial charge is 0.412 e. The number of halogens is 2. The van der Waals surface area contributed by atoms with E-state index in [1.165, 1.54) is 30.2 Å². The van der Waals surface area contributed by atoms with Crippen molar-refractivity contribution in [1.82, 2.24) is 15.3 Å². The van der Waals surface area contributed by atoms with E-state index in [4.69, 9.17) is 4.74 Å². The van der Waals surface area contributed by atoms with Crippen LogP contribution in [-0.4, -0.2) is 47.6 Å². The number of benzene rings is 2. The third-order valence-electron chi connectivity index (χ3n) is 5.52. The maximum absolute atomic E-state index is 14.8. The van der Waals surface area contributed by atoms with Crippen LogP contribution >= 0.6 is 39.0 Å². The Morgan fingerprint density at radius 2 is 2.05 bits per heavy atom. The fraction of sp³-hybridized carbons (Fsp3) is 0.240. The molecule has 0 aliphatic carbocycles. The van der Waals surface area contributed by atoms with Gasteiger partial charge in [0, 0.05) is 28.6 Å². The van der Waals surface area contributed by atoms with Crippen molar-refractivity contribution in [3.63, 3.8) is 0 Å². The molecule has 216 valence electrons. The number of H-pyrrole nitrogens is 1. The van der Waals surface area contributed by atoms with Gasteiger partial charge in [-0.05, 0) is 66.7 Å². The zero-order valence-electron chi connectivity index (χ0n) is 22.0. The van der Waals surface area contributed by atoms with E-state index in [0.717, 1.165) is 35.9 Å². The highest BCUT2D eigenvalue weighted by atomic mass is 79.9. The summed E-state index contributed by atoms with van der Waals surface area (Å²) in [7, 11) is -4.24. The summed E-state index contributed by atoms with van der Waals surface area (Å²) in [4.78, 5) is 33.8. The second kappa shape index (κ2) is 11.9. The minimum absolute atomic E-state index is 0.0398. The van der Waals surface area contributed by atoms with Crippen LogP contribution in [-0.2, 0) is 21.0 Å². The zero-order valence-corrected chi connectivity index (χ0v) is 26.1. The van der Waals surface area contributed by atoms with Gasteiger partial charge in [0.05, 0.1) is 42.6 Å². The Hall–Kier alpha value is -3.34. The van der Waals surface area contributed by atoms with Crippen molar-refractivity contribution in [2.24, 2.45) is 4.99 Å². The molecule has 16 heteroatoms. The monoisotopic (exact) mass is 683 g/mol. The minimum atomic E-state index is -4.24. The van der Waals surface area contributed by atoms with Crippen LogP contribution in [0.3, 0.4) is 0 Å². The van der Waals surface area contributed by atoms with Crippen LogP contribution in [0.15, 0.2) is 60.1 Å². The minimum Gasteiger partial charge on any atom is -0.444 e. The van der Waals surface area contributed by atoms with E-state index in [2.05, 4.69) is 36.2 Å². The topological polar surface area (TPSA) is 157 Å². The molecule has 0 saturated heterocycles. The Morgan fingerprint density at radius 3 is 2.71 bits per heavy atom. The van der Waals surface area contributed by atoms with E-state index in [-0.39, 0.29) is 38.5 Å². The molecule has 2 aromatic heterocycles. The number of thiophene rings is 1. The third-order valence-corrected chi connectivity index (χ3v) is 10.4. The summed E-state index contributed by atoms with van der Waals surface area (Å²) in [6.07, 6.45) is 3.21. The van der Waals surface area contributed by atoms with Gasteiger partial charge in [-0.15, -0.1) is 23.1 Å². The number of imidazole rings is 1. The van der Waals surface area contributed by atoms with Gasteiger partial charge in [0.1, 0.15) is 16.4 Å². The number of nitrogens with zero attached hydrogens (tertiary/aromatic N) is 3. The number of carbonyl (C=O) groups excluding carboxylic acids is 1. The molecule has 0 atom stereocenters. The fourth-order valence-corrected chi connectivity index (χ4v) is 8.58. The number of nitro groups is 1.